The maximum Gasteiger partial charge on any atom is 0.209 e. The lowest BCUT2D eigenvalue weighted by Gasteiger charge is -2.00. The minimum atomic E-state index is 0.207. The molecule has 1 heterocycles. The van der Waals surface area contributed by atoms with E-state index >= 15 is 0 Å². The van der Waals surface area contributed by atoms with Gasteiger partial charge < -0.3 is 9.84 Å². The van der Waals surface area contributed by atoms with E-state index in [1.807, 2.05) is 35.7 Å². The summed E-state index contributed by atoms with van der Waals surface area (Å²) in [5.41, 5.74) is 2.56. The average Bonchev–Trinajstić information content (AvgIpc) is 3.03. The minimum absolute atomic E-state index is 0.207. The van der Waals surface area contributed by atoms with Crippen LogP contribution in [-0.4, -0.2) is 23.4 Å². The van der Waals surface area contributed by atoms with Gasteiger partial charge in [0.2, 0.25) is 5.13 Å². The molecule has 0 fully saturated rings. The summed E-state index contributed by atoms with van der Waals surface area (Å²) >= 11 is 1.46. The molecule has 0 atom stereocenters. The Morgan fingerprint density at radius 2 is 1.91 bits per heavy atom. The van der Waals surface area contributed by atoms with Gasteiger partial charge in [-0.2, -0.15) is 0 Å². The number of para-hydroxylation sites is 1. The van der Waals surface area contributed by atoms with Gasteiger partial charge in [-0.15, -0.1) is 11.3 Å². The highest BCUT2D eigenvalue weighted by Crippen LogP contribution is 2.28. The third kappa shape index (κ3) is 3.15. The Morgan fingerprint density at radius 3 is 2.64 bits per heavy atom. The lowest BCUT2D eigenvalue weighted by Crippen LogP contribution is -1.83. The maximum absolute atomic E-state index is 9.70. The van der Waals surface area contributed by atoms with Crippen LogP contribution in [-0.2, 0) is 0 Å². The highest BCUT2D eigenvalue weighted by Gasteiger charge is 2.04. The van der Waals surface area contributed by atoms with Crippen LogP contribution in [0.1, 0.15) is 5.56 Å². The standard InChI is InChI=1S/C17H14N2O2S/c1-21-14-8-6-12(7-9-14)15-11-22-17(19-15)18-10-13-4-2-3-5-16(13)20/h2-11,20H,1H3. The molecule has 0 radical (unpaired) electrons. The predicted octanol–water partition coefficient (Wildman–Crippen LogP) is 4.27. The van der Waals surface area contributed by atoms with E-state index in [4.69, 9.17) is 4.74 Å². The van der Waals surface area contributed by atoms with Gasteiger partial charge in [0, 0.05) is 22.7 Å². The topological polar surface area (TPSA) is 54.7 Å². The number of aliphatic imine (C=N–C) groups is 1. The smallest absolute Gasteiger partial charge is 0.209 e. The SMILES string of the molecule is COc1ccc(-c2csc(N=Cc3ccccc3O)n2)cc1. The molecule has 0 unspecified atom stereocenters. The van der Waals surface area contributed by atoms with E-state index in [9.17, 15) is 5.11 Å². The molecule has 110 valence electrons. The molecule has 2 aromatic carbocycles. The zero-order valence-corrected chi connectivity index (χ0v) is 12.7. The van der Waals surface area contributed by atoms with Crippen molar-refractivity contribution in [2.45, 2.75) is 0 Å². The maximum atomic E-state index is 9.70. The lowest BCUT2D eigenvalue weighted by atomic mass is 10.2. The zero-order chi connectivity index (χ0) is 15.4. The van der Waals surface area contributed by atoms with Crippen molar-refractivity contribution < 1.29 is 9.84 Å². The lowest BCUT2D eigenvalue weighted by molar-refractivity contribution is 0.415. The summed E-state index contributed by atoms with van der Waals surface area (Å²) in [6.07, 6.45) is 1.62. The Hall–Kier alpha value is -2.66. The van der Waals surface area contributed by atoms with Gasteiger partial charge in [-0.1, -0.05) is 12.1 Å². The molecule has 0 bridgehead atoms. The second-order valence-corrected chi connectivity index (χ2v) is 5.40. The fourth-order valence-electron chi connectivity index (χ4n) is 1.94. The first-order chi connectivity index (χ1) is 10.8. The summed E-state index contributed by atoms with van der Waals surface area (Å²) in [7, 11) is 1.64. The summed E-state index contributed by atoms with van der Waals surface area (Å²) in [6, 6.07) is 14.8. The van der Waals surface area contributed by atoms with Gasteiger partial charge in [0.25, 0.3) is 0 Å². The third-order valence-corrected chi connectivity index (χ3v) is 3.88. The number of ether oxygens (including phenoxy) is 1. The highest BCUT2D eigenvalue weighted by atomic mass is 32.1. The number of nitrogens with zero attached hydrogens (tertiary/aromatic N) is 2. The molecule has 0 spiro atoms. The van der Waals surface area contributed by atoms with Crippen LogP contribution < -0.4 is 4.74 Å². The predicted molar refractivity (Wildman–Crippen MR) is 89.5 cm³/mol. The van der Waals surface area contributed by atoms with E-state index in [1.165, 1.54) is 11.3 Å². The van der Waals surface area contributed by atoms with E-state index < -0.39 is 0 Å². The molecule has 3 rings (SSSR count). The van der Waals surface area contributed by atoms with Crippen molar-refractivity contribution in [3.63, 3.8) is 0 Å². The van der Waals surface area contributed by atoms with Crippen molar-refractivity contribution in [2.24, 2.45) is 4.99 Å². The Labute approximate surface area is 132 Å². The third-order valence-electron chi connectivity index (χ3n) is 3.13. The molecule has 1 N–H and O–H groups in total. The molecule has 5 heteroatoms. The second-order valence-electron chi connectivity index (χ2n) is 4.56. The molecule has 4 nitrogen and oxygen atoms in total. The molecule has 0 aliphatic rings. The van der Waals surface area contributed by atoms with Gasteiger partial charge in [0.1, 0.15) is 11.5 Å². The van der Waals surface area contributed by atoms with Crippen LogP contribution in [0.3, 0.4) is 0 Å². The van der Waals surface area contributed by atoms with Crippen LogP contribution in [0.4, 0.5) is 5.13 Å². The molecule has 0 aliphatic carbocycles. The molecular formula is C17H14N2O2S. The van der Waals surface area contributed by atoms with Crippen molar-refractivity contribution in [1.82, 2.24) is 4.98 Å². The monoisotopic (exact) mass is 310 g/mol. The van der Waals surface area contributed by atoms with Gasteiger partial charge in [0.05, 0.1) is 12.8 Å². The fraction of sp³-hybridized carbons (Fsp3) is 0.0588. The number of methoxy groups -OCH3 is 1. The van der Waals surface area contributed by atoms with E-state index in [2.05, 4.69) is 9.98 Å². The number of hydrogen-bond acceptors (Lipinski definition) is 5. The van der Waals surface area contributed by atoms with E-state index in [0.717, 1.165) is 17.0 Å². The molecule has 22 heavy (non-hydrogen) atoms. The molecule has 0 saturated heterocycles. The second kappa shape index (κ2) is 6.41. The van der Waals surface area contributed by atoms with Gasteiger partial charge in [0.15, 0.2) is 0 Å². The number of rotatable bonds is 4. The molecule has 0 saturated carbocycles. The highest BCUT2D eigenvalue weighted by molar-refractivity contribution is 7.13. The van der Waals surface area contributed by atoms with Crippen molar-refractivity contribution in [3.8, 4) is 22.8 Å². The van der Waals surface area contributed by atoms with E-state index in [0.29, 0.717) is 10.7 Å². The van der Waals surface area contributed by atoms with Gasteiger partial charge in [-0.3, -0.25) is 0 Å². The van der Waals surface area contributed by atoms with Crippen molar-refractivity contribution in [1.29, 1.82) is 0 Å². The number of aromatic nitrogens is 1. The first kappa shape index (κ1) is 14.3. The summed E-state index contributed by atoms with van der Waals surface area (Å²) < 4.78 is 5.14. The summed E-state index contributed by atoms with van der Waals surface area (Å²) in [6.45, 7) is 0. The van der Waals surface area contributed by atoms with Gasteiger partial charge >= 0.3 is 0 Å². The van der Waals surface area contributed by atoms with E-state index in [1.54, 1.807) is 31.5 Å². The number of phenols is 1. The Balaban J connectivity index is 1.80. The number of thiazole rings is 1. The van der Waals surface area contributed by atoms with Crippen LogP contribution >= 0.6 is 11.3 Å². The van der Waals surface area contributed by atoms with Crippen LogP contribution in [0.5, 0.6) is 11.5 Å². The molecule has 0 amide bonds. The summed E-state index contributed by atoms with van der Waals surface area (Å²) in [5.74, 6) is 1.02. The van der Waals surface area contributed by atoms with Gasteiger partial charge in [-0.25, -0.2) is 9.98 Å². The van der Waals surface area contributed by atoms with Crippen molar-refractivity contribution >= 4 is 22.7 Å². The van der Waals surface area contributed by atoms with Crippen LogP contribution in [0.25, 0.3) is 11.3 Å². The summed E-state index contributed by atoms with van der Waals surface area (Å²) in [5, 5.41) is 12.3. The molecule has 1 aromatic heterocycles. The number of phenolic OH excluding ortho intramolecular Hbond substituents is 1. The zero-order valence-electron chi connectivity index (χ0n) is 11.9. The quantitative estimate of drug-likeness (QED) is 0.732. The average molecular weight is 310 g/mol. The van der Waals surface area contributed by atoms with Gasteiger partial charge in [-0.05, 0) is 36.4 Å². The van der Waals surface area contributed by atoms with Crippen LogP contribution in [0, 0.1) is 0 Å². The van der Waals surface area contributed by atoms with Crippen LogP contribution in [0.15, 0.2) is 58.9 Å². The first-order valence-electron chi connectivity index (χ1n) is 6.68. The summed E-state index contributed by atoms with van der Waals surface area (Å²) in [4.78, 5) is 8.79. The van der Waals surface area contributed by atoms with Crippen molar-refractivity contribution in [3.05, 3.63) is 59.5 Å². The Kier molecular flexibility index (Phi) is 4.16. The Morgan fingerprint density at radius 1 is 1.14 bits per heavy atom. The first-order valence-corrected chi connectivity index (χ1v) is 7.56. The number of hydrogen-bond donors (Lipinski definition) is 1. The molecule has 3 aromatic rings. The molecule has 0 aliphatic heterocycles. The minimum Gasteiger partial charge on any atom is -0.507 e. The van der Waals surface area contributed by atoms with E-state index in [-0.39, 0.29) is 5.75 Å². The number of benzene rings is 2. The molecular weight excluding hydrogens is 296 g/mol. The Bertz CT molecular complexity index is 794. The van der Waals surface area contributed by atoms with Crippen LogP contribution in [0.2, 0.25) is 0 Å². The largest absolute Gasteiger partial charge is 0.507 e. The normalized spacial score (nSPS) is 11.0. The number of aromatic hydroxyl groups is 1. The fourth-order valence-corrected chi connectivity index (χ4v) is 2.61. The van der Waals surface area contributed by atoms with Crippen molar-refractivity contribution in [2.75, 3.05) is 7.11 Å².